The van der Waals surface area contributed by atoms with Crippen LogP contribution in [-0.4, -0.2) is 29.1 Å². The highest BCUT2D eigenvalue weighted by Gasteiger charge is 2.25. The summed E-state index contributed by atoms with van der Waals surface area (Å²) in [4.78, 5) is 22.3. The van der Waals surface area contributed by atoms with Crippen molar-refractivity contribution in [2.24, 2.45) is 0 Å². The van der Waals surface area contributed by atoms with Gasteiger partial charge in [-0.2, -0.15) is 0 Å². The molecule has 1 unspecified atom stereocenters. The molecular weight excluding hydrogens is 236 g/mol. The van der Waals surface area contributed by atoms with E-state index in [1.807, 2.05) is 0 Å². The molecule has 6 heteroatoms. The lowest BCUT2D eigenvalue weighted by molar-refractivity contribution is -0.122. The number of carbonyl (C=O) groups excluding carboxylic acids is 1. The third-order valence-electron chi connectivity index (χ3n) is 2.80. The highest BCUT2D eigenvalue weighted by atomic mass is 16.4. The van der Waals surface area contributed by atoms with Crippen molar-refractivity contribution in [2.75, 3.05) is 0 Å². The molecule has 1 saturated carbocycles. The van der Waals surface area contributed by atoms with Crippen molar-refractivity contribution in [2.45, 2.75) is 38.4 Å². The standard InChI is InChI=1S/C12H16N2O4/c1-7(11(15)14-9-2-3-9)13-5-10-4-8(6-18-10)12(16)17/h4,6-7,9,13H,2-3,5H2,1H3,(H,14,15)(H,16,17). The Balaban J connectivity index is 1.78. The third kappa shape index (κ3) is 3.33. The van der Waals surface area contributed by atoms with Crippen LogP contribution in [0.2, 0.25) is 0 Å². The SMILES string of the molecule is CC(NCc1cc(C(=O)O)co1)C(=O)NC1CC1. The fraction of sp³-hybridized carbons (Fsp3) is 0.500. The highest BCUT2D eigenvalue weighted by Crippen LogP contribution is 2.18. The maximum absolute atomic E-state index is 11.6. The average Bonchev–Trinajstić information content (AvgIpc) is 3.00. The average molecular weight is 252 g/mol. The fourth-order valence-corrected chi connectivity index (χ4v) is 1.49. The van der Waals surface area contributed by atoms with Gasteiger partial charge in [-0.25, -0.2) is 4.79 Å². The summed E-state index contributed by atoms with van der Waals surface area (Å²) >= 11 is 0. The number of amides is 1. The van der Waals surface area contributed by atoms with Crippen molar-refractivity contribution >= 4 is 11.9 Å². The number of furan rings is 1. The summed E-state index contributed by atoms with van der Waals surface area (Å²) in [6.45, 7) is 2.09. The Labute approximate surface area is 104 Å². The molecule has 1 aliphatic rings. The van der Waals surface area contributed by atoms with E-state index in [9.17, 15) is 9.59 Å². The van der Waals surface area contributed by atoms with Crippen molar-refractivity contribution in [1.82, 2.24) is 10.6 Å². The van der Waals surface area contributed by atoms with Crippen molar-refractivity contribution in [1.29, 1.82) is 0 Å². The maximum Gasteiger partial charge on any atom is 0.338 e. The Hall–Kier alpha value is -1.82. The summed E-state index contributed by atoms with van der Waals surface area (Å²) in [6.07, 6.45) is 3.30. The number of carboxylic acids is 1. The van der Waals surface area contributed by atoms with Gasteiger partial charge in [0.1, 0.15) is 12.0 Å². The van der Waals surface area contributed by atoms with E-state index in [4.69, 9.17) is 9.52 Å². The van der Waals surface area contributed by atoms with Crippen LogP contribution >= 0.6 is 0 Å². The molecule has 1 aromatic heterocycles. The molecule has 1 atom stereocenters. The Morgan fingerprint density at radius 3 is 2.83 bits per heavy atom. The summed E-state index contributed by atoms with van der Waals surface area (Å²) in [5, 5.41) is 14.6. The molecule has 18 heavy (non-hydrogen) atoms. The first-order valence-corrected chi connectivity index (χ1v) is 5.90. The predicted octanol–water partition coefficient (Wildman–Crippen LogP) is 0.734. The van der Waals surface area contributed by atoms with Crippen LogP contribution in [0.15, 0.2) is 16.7 Å². The molecule has 0 aliphatic heterocycles. The first-order chi connectivity index (χ1) is 8.56. The van der Waals surface area contributed by atoms with Crippen molar-refractivity contribution in [3.63, 3.8) is 0 Å². The van der Waals surface area contributed by atoms with Gasteiger partial charge in [-0.1, -0.05) is 0 Å². The van der Waals surface area contributed by atoms with Gasteiger partial charge in [0.25, 0.3) is 0 Å². The minimum Gasteiger partial charge on any atom is -0.478 e. The van der Waals surface area contributed by atoms with E-state index >= 15 is 0 Å². The zero-order chi connectivity index (χ0) is 13.1. The largest absolute Gasteiger partial charge is 0.478 e. The topological polar surface area (TPSA) is 91.6 Å². The number of rotatable bonds is 6. The Morgan fingerprint density at radius 1 is 1.56 bits per heavy atom. The van der Waals surface area contributed by atoms with Gasteiger partial charge in [0, 0.05) is 6.04 Å². The normalized spacial score (nSPS) is 16.3. The zero-order valence-electron chi connectivity index (χ0n) is 10.1. The summed E-state index contributed by atoms with van der Waals surface area (Å²) in [6, 6.07) is 1.45. The summed E-state index contributed by atoms with van der Waals surface area (Å²) in [5.41, 5.74) is 0.113. The quantitative estimate of drug-likeness (QED) is 0.694. The molecule has 1 aromatic rings. The van der Waals surface area contributed by atoms with E-state index in [2.05, 4.69) is 10.6 Å². The van der Waals surface area contributed by atoms with Crippen LogP contribution in [0.3, 0.4) is 0 Å². The van der Waals surface area contributed by atoms with Gasteiger partial charge in [0.2, 0.25) is 5.91 Å². The number of carboxylic acid groups (broad SMARTS) is 1. The smallest absolute Gasteiger partial charge is 0.338 e. The molecular formula is C12H16N2O4. The van der Waals surface area contributed by atoms with Crippen LogP contribution in [0.4, 0.5) is 0 Å². The van der Waals surface area contributed by atoms with Crippen LogP contribution in [-0.2, 0) is 11.3 Å². The van der Waals surface area contributed by atoms with Crippen LogP contribution in [0.5, 0.6) is 0 Å². The molecule has 2 rings (SSSR count). The van der Waals surface area contributed by atoms with E-state index in [1.165, 1.54) is 12.3 Å². The molecule has 3 N–H and O–H groups in total. The number of hydrogen-bond acceptors (Lipinski definition) is 4. The molecule has 0 radical (unpaired) electrons. The van der Waals surface area contributed by atoms with E-state index in [-0.39, 0.29) is 17.5 Å². The second-order valence-corrected chi connectivity index (χ2v) is 4.49. The van der Waals surface area contributed by atoms with Gasteiger partial charge in [0.15, 0.2) is 0 Å². The molecule has 1 heterocycles. The monoisotopic (exact) mass is 252 g/mol. The number of aromatic carboxylic acids is 1. The van der Waals surface area contributed by atoms with Crippen molar-refractivity contribution < 1.29 is 19.1 Å². The Morgan fingerprint density at radius 2 is 2.28 bits per heavy atom. The molecule has 1 fully saturated rings. The molecule has 0 spiro atoms. The predicted molar refractivity (Wildman–Crippen MR) is 63.1 cm³/mol. The van der Waals surface area contributed by atoms with Crippen molar-refractivity contribution in [3.8, 4) is 0 Å². The summed E-state index contributed by atoms with van der Waals surface area (Å²) < 4.78 is 5.07. The van der Waals surface area contributed by atoms with Gasteiger partial charge >= 0.3 is 5.97 Å². The highest BCUT2D eigenvalue weighted by molar-refractivity contribution is 5.87. The number of hydrogen-bond donors (Lipinski definition) is 3. The minimum absolute atomic E-state index is 0.0393. The lowest BCUT2D eigenvalue weighted by Crippen LogP contribution is -2.42. The van der Waals surface area contributed by atoms with Gasteiger partial charge in [-0.05, 0) is 25.8 Å². The number of carbonyl (C=O) groups is 2. The van der Waals surface area contributed by atoms with Crippen LogP contribution < -0.4 is 10.6 Å². The molecule has 1 aliphatic carbocycles. The minimum atomic E-state index is -1.02. The van der Waals surface area contributed by atoms with Crippen LogP contribution in [0, 0.1) is 0 Å². The van der Waals surface area contributed by atoms with Crippen molar-refractivity contribution in [3.05, 3.63) is 23.7 Å². The molecule has 0 aromatic carbocycles. The summed E-state index contributed by atoms with van der Waals surface area (Å²) in [7, 11) is 0. The fourth-order valence-electron chi connectivity index (χ4n) is 1.49. The maximum atomic E-state index is 11.6. The van der Waals surface area contributed by atoms with E-state index in [1.54, 1.807) is 6.92 Å². The van der Waals surface area contributed by atoms with Gasteiger partial charge < -0.3 is 14.8 Å². The zero-order valence-corrected chi connectivity index (χ0v) is 10.1. The van der Waals surface area contributed by atoms with Gasteiger partial charge in [-0.3, -0.25) is 10.1 Å². The summed E-state index contributed by atoms with van der Waals surface area (Å²) in [5.74, 6) is -0.564. The molecule has 98 valence electrons. The lowest BCUT2D eigenvalue weighted by atomic mass is 10.3. The first kappa shape index (κ1) is 12.6. The first-order valence-electron chi connectivity index (χ1n) is 5.90. The molecule has 6 nitrogen and oxygen atoms in total. The second kappa shape index (κ2) is 5.22. The molecule has 0 saturated heterocycles. The van der Waals surface area contributed by atoms with Crippen LogP contribution in [0.25, 0.3) is 0 Å². The Bertz CT molecular complexity index is 451. The molecule has 1 amide bonds. The Kier molecular flexibility index (Phi) is 3.66. The van der Waals surface area contributed by atoms with Gasteiger partial charge in [-0.15, -0.1) is 0 Å². The second-order valence-electron chi connectivity index (χ2n) is 4.49. The third-order valence-corrected chi connectivity index (χ3v) is 2.80. The van der Waals surface area contributed by atoms with Crippen LogP contribution in [0.1, 0.15) is 35.9 Å². The van der Waals surface area contributed by atoms with E-state index in [0.717, 1.165) is 12.8 Å². The van der Waals surface area contributed by atoms with E-state index in [0.29, 0.717) is 18.3 Å². The lowest BCUT2D eigenvalue weighted by Gasteiger charge is -2.12. The number of nitrogens with one attached hydrogen (secondary N) is 2. The van der Waals surface area contributed by atoms with Gasteiger partial charge in [0.05, 0.1) is 18.2 Å². The molecule has 0 bridgehead atoms. The van der Waals surface area contributed by atoms with E-state index < -0.39 is 5.97 Å².